The zero-order valence-electron chi connectivity index (χ0n) is 10.4. The fourth-order valence-corrected chi connectivity index (χ4v) is 1.41. The molecule has 0 aromatic heterocycles. The Balaban J connectivity index is 3.42. The van der Waals surface area contributed by atoms with Crippen molar-refractivity contribution in [1.29, 1.82) is 0 Å². The Kier molecular flexibility index (Phi) is 9.43. The molecule has 0 fully saturated rings. The lowest BCUT2D eigenvalue weighted by atomic mass is 10.0. The van der Waals surface area contributed by atoms with Gasteiger partial charge in [-0.1, -0.05) is 6.92 Å². The van der Waals surface area contributed by atoms with E-state index in [1.54, 1.807) is 0 Å². The molecule has 5 heteroatoms. The van der Waals surface area contributed by atoms with E-state index in [1.807, 2.05) is 6.92 Å². The maximum Gasteiger partial charge on any atom is 0.305 e. The third-order valence-electron chi connectivity index (χ3n) is 2.43. The van der Waals surface area contributed by atoms with Crippen LogP contribution in [0.5, 0.6) is 0 Å². The van der Waals surface area contributed by atoms with E-state index in [1.165, 1.54) is 0 Å². The number of rotatable bonds is 10. The zero-order valence-corrected chi connectivity index (χ0v) is 10.4. The number of aliphatic hydroxyl groups is 1. The van der Waals surface area contributed by atoms with Gasteiger partial charge >= 0.3 is 11.9 Å². The Bertz CT molecular complexity index is 227. The fourth-order valence-electron chi connectivity index (χ4n) is 1.41. The maximum absolute atomic E-state index is 11.2. The summed E-state index contributed by atoms with van der Waals surface area (Å²) in [4.78, 5) is 21.6. The second-order valence-corrected chi connectivity index (χ2v) is 4.25. The van der Waals surface area contributed by atoms with E-state index in [0.29, 0.717) is 13.0 Å². The third kappa shape index (κ3) is 11.2. The number of hydrogen-bond donors (Lipinski definition) is 2. The van der Waals surface area contributed by atoms with Crippen molar-refractivity contribution >= 4 is 11.9 Å². The molecule has 0 saturated carbocycles. The van der Waals surface area contributed by atoms with Crippen LogP contribution >= 0.6 is 0 Å². The minimum Gasteiger partial charge on any atom is -0.481 e. The van der Waals surface area contributed by atoms with Gasteiger partial charge in [0, 0.05) is 19.4 Å². The third-order valence-corrected chi connectivity index (χ3v) is 2.43. The Morgan fingerprint density at radius 1 is 1.24 bits per heavy atom. The lowest BCUT2D eigenvalue weighted by molar-refractivity contribution is -0.145. The number of unbranched alkanes of at least 4 members (excludes halogenated alkanes) is 2. The fraction of sp³-hybridized carbons (Fsp3) is 0.833. The highest BCUT2D eigenvalue weighted by Crippen LogP contribution is 2.10. The molecule has 0 aliphatic carbocycles. The summed E-state index contributed by atoms with van der Waals surface area (Å²) in [5, 5.41) is 17.1. The van der Waals surface area contributed by atoms with Gasteiger partial charge in [-0.3, -0.25) is 9.59 Å². The summed E-state index contributed by atoms with van der Waals surface area (Å²) in [5.74, 6) is -1.12. The Labute approximate surface area is 102 Å². The minimum atomic E-state index is -0.838. The molecule has 0 aliphatic rings. The van der Waals surface area contributed by atoms with Gasteiger partial charge in [0.15, 0.2) is 0 Å². The molecule has 0 radical (unpaired) electrons. The van der Waals surface area contributed by atoms with E-state index in [-0.39, 0.29) is 31.3 Å². The monoisotopic (exact) mass is 246 g/mol. The lowest BCUT2D eigenvalue weighted by Gasteiger charge is -2.08. The molecule has 1 unspecified atom stereocenters. The van der Waals surface area contributed by atoms with Crippen LogP contribution in [0.4, 0.5) is 0 Å². The lowest BCUT2D eigenvalue weighted by Crippen LogP contribution is -2.10. The largest absolute Gasteiger partial charge is 0.481 e. The number of esters is 1. The van der Waals surface area contributed by atoms with Crippen molar-refractivity contribution in [2.45, 2.75) is 45.4 Å². The molecule has 0 aliphatic heterocycles. The van der Waals surface area contributed by atoms with Crippen molar-refractivity contribution < 1.29 is 24.5 Å². The first-order valence-electron chi connectivity index (χ1n) is 6.04. The van der Waals surface area contributed by atoms with Gasteiger partial charge in [0.2, 0.25) is 0 Å². The average Bonchev–Trinajstić information content (AvgIpc) is 2.25. The molecule has 0 aromatic carbocycles. The summed E-state index contributed by atoms with van der Waals surface area (Å²) < 4.78 is 4.98. The molecule has 0 spiro atoms. The van der Waals surface area contributed by atoms with Crippen LogP contribution in [0, 0.1) is 5.92 Å². The van der Waals surface area contributed by atoms with E-state index >= 15 is 0 Å². The van der Waals surface area contributed by atoms with E-state index < -0.39 is 5.97 Å². The molecule has 17 heavy (non-hydrogen) atoms. The first kappa shape index (κ1) is 15.9. The number of carboxylic acids is 1. The topological polar surface area (TPSA) is 83.8 Å². The quantitative estimate of drug-likeness (QED) is 0.451. The van der Waals surface area contributed by atoms with E-state index in [2.05, 4.69) is 0 Å². The summed E-state index contributed by atoms with van der Waals surface area (Å²) >= 11 is 0. The number of ether oxygens (including phenoxy) is 1. The molecule has 0 rings (SSSR count). The summed E-state index contributed by atoms with van der Waals surface area (Å²) in [7, 11) is 0. The van der Waals surface area contributed by atoms with Crippen LogP contribution in [-0.2, 0) is 14.3 Å². The molecule has 2 N–H and O–H groups in total. The standard InChI is InChI=1S/C12H22O5/c1-10(9-11(14)15)5-6-12(16)17-8-4-2-3-7-13/h10,13H,2-9H2,1H3,(H,14,15). The molecule has 0 aromatic rings. The van der Waals surface area contributed by atoms with Crippen LogP contribution in [0.3, 0.4) is 0 Å². The van der Waals surface area contributed by atoms with Crippen LogP contribution in [-0.4, -0.2) is 35.4 Å². The molecule has 0 saturated heterocycles. The SMILES string of the molecule is CC(CCC(=O)OCCCCCO)CC(=O)O. The van der Waals surface area contributed by atoms with Crippen molar-refractivity contribution in [3.05, 3.63) is 0 Å². The van der Waals surface area contributed by atoms with Gasteiger partial charge < -0.3 is 14.9 Å². The van der Waals surface area contributed by atoms with Gasteiger partial charge in [0.05, 0.1) is 6.61 Å². The highest BCUT2D eigenvalue weighted by Gasteiger charge is 2.10. The Morgan fingerprint density at radius 2 is 1.94 bits per heavy atom. The Morgan fingerprint density at radius 3 is 2.53 bits per heavy atom. The number of carbonyl (C=O) groups is 2. The van der Waals surface area contributed by atoms with Crippen LogP contribution in [0.25, 0.3) is 0 Å². The van der Waals surface area contributed by atoms with Crippen molar-refractivity contribution in [3.63, 3.8) is 0 Å². The van der Waals surface area contributed by atoms with Gasteiger partial charge in [-0.15, -0.1) is 0 Å². The van der Waals surface area contributed by atoms with Crippen LogP contribution in [0.1, 0.15) is 45.4 Å². The molecular formula is C12H22O5. The predicted molar refractivity (Wildman–Crippen MR) is 62.5 cm³/mol. The van der Waals surface area contributed by atoms with Crippen molar-refractivity contribution in [2.75, 3.05) is 13.2 Å². The first-order chi connectivity index (χ1) is 8.06. The summed E-state index contributed by atoms with van der Waals surface area (Å²) in [6.07, 6.45) is 3.24. The van der Waals surface area contributed by atoms with Crippen LogP contribution in [0.2, 0.25) is 0 Å². The minimum absolute atomic E-state index is 0.00515. The summed E-state index contributed by atoms with van der Waals surface area (Å²) in [6.45, 7) is 2.36. The van der Waals surface area contributed by atoms with Crippen molar-refractivity contribution in [2.24, 2.45) is 5.92 Å². The average molecular weight is 246 g/mol. The number of aliphatic carboxylic acids is 1. The molecule has 1 atom stereocenters. The van der Waals surface area contributed by atoms with Crippen molar-refractivity contribution in [3.8, 4) is 0 Å². The zero-order chi connectivity index (χ0) is 13.1. The van der Waals surface area contributed by atoms with Gasteiger partial charge in [-0.05, 0) is 31.6 Å². The molecule has 100 valence electrons. The van der Waals surface area contributed by atoms with E-state index in [9.17, 15) is 9.59 Å². The van der Waals surface area contributed by atoms with Crippen LogP contribution in [0.15, 0.2) is 0 Å². The van der Waals surface area contributed by atoms with Gasteiger partial charge in [0.25, 0.3) is 0 Å². The van der Waals surface area contributed by atoms with Crippen molar-refractivity contribution in [1.82, 2.24) is 0 Å². The van der Waals surface area contributed by atoms with E-state index in [0.717, 1.165) is 19.3 Å². The number of carbonyl (C=O) groups excluding carboxylic acids is 1. The maximum atomic E-state index is 11.2. The normalized spacial score (nSPS) is 12.1. The smallest absolute Gasteiger partial charge is 0.305 e. The summed E-state index contributed by atoms with van der Waals surface area (Å²) in [6, 6.07) is 0. The van der Waals surface area contributed by atoms with Crippen LogP contribution < -0.4 is 0 Å². The highest BCUT2D eigenvalue weighted by atomic mass is 16.5. The second kappa shape index (κ2) is 10.1. The number of hydrogen-bond acceptors (Lipinski definition) is 4. The Hall–Kier alpha value is -1.10. The van der Waals surface area contributed by atoms with Gasteiger partial charge in [0.1, 0.15) is 0 Å². The predicted octanol–water partition coefficient (Wildman–Crippen LogP) is 1.58. The molecule has 0 heterocycles. The van der Waals surface area contributed by atoms with Gasteiger partial charge in [-0.2, -0.15) is 0 Å². The molecule has 5 nitrogen and oxygen atoms in total. The molecular weight excluding hydrogens is 224 g/mol. The van der Waals surface area contributed by atoms with Gasteiger partial charge in [-0.25, -0.2) is 0 Å². The highest BCUT2D eigenvalue weighted by molar-refractivity contribution is 5.69. The molecule has 0 bridgehead atoms. The summed E-state index contributed by atoms with van der Waals surface area (Å²) in [5.41, 5.74) is 0. The van der Waals surface area contributed by atoms with E-state index in [4.69, 9.17) is 14.9 Å². The molecule has 0 amide bonds. The second-order valence-electron chi connectivity index (χ2n) is 4.25. The first-order valence-corrected chi connectivity index (χ1v) is 6.04. The number of aliphatic hydroxyl groups excluding tert-OH is 1. The number of carboxylic acid groups (broad SMARTS) is 1.